The Morgan fingerprint density at radius 3 is 1.09 bits per heavy atom. The van der Waals surface area contributed by atoms with Crippen molar-refractivity contribution >= 4 is 0 Å². The van der Waals surface area contributed by atoms with Gasteiger partial charge in [0.1, 0.15) is 0 Å². The van der Waals surface area contributed by atoms with Crippen LogP contribution < -0.4 is 0 Å². The maximum Gasteiger partial charge on any atom is 2.00 e. The summed E-state index contributed by atoms with van der Waals surface area (Å²) in [6, 6.07) is 0. The van der Waals surface area contributed by atoms with E-state index in [2.05, 4.69) is 51.4 Å². The van der Waals surface area contributed by atoms with Gasteiger partial charge >= 0.3 is 17.1 Å². The first-order valence-electron chi connectivity index (χ1n) is 9.37. The van der Waals surface area contributed by atoms with Crippen molar-refractivity contribution in [3.63, 3.8) is 0 Å². The molecule has 4 rings (SSSR count). The van der Waals surface area contributed by atoms with Gasteiger partial charge in [-0.3, -0.25) is 0 Å². The molecule has 4 aliphatic rings. The molecule has 1 heteroatoms. The molecule has 0 aromatic carbocycles. The summed E-state index contributed by atoms with van der Waals surface area (Å²) in [4.78, 5) is 0. The van der Waals surface area contributed by atoms with Gasteiger partial charge in [-0.25, -0.2) is 0 Å². The first kappa shape index (κ1) is 19.8. The second-order valence-electron chi connectivity index (χ2n) is 7.11. The van der Waals surface area contributed by atoms with Crippen LogP contribution in [0, 0.1) is 75.0 Å². The van der Waals surface area contributed by atoms with Crippen LogP contribution in [-0.2, 0) is 17.1 Å². The predicted octanol–water partition coefficient (Wildman–Crippen LogP) is 5.94. The molecular formula is C22H30Fe+2. The summed E-state index contributed by atoms with van der Waals surface area (Å²) in [5.74, 6) is 4.92. The molecule has 4 aliphatic carbocycles. The minimum Gasteiger partial charge on any atom is -0.0533 e. The van der Waals surface area contributed by atoms with Crippen molar-refractivity contribution in [1.29, 1.82) is 0 Å². The van der Waals surface area contributed by atoms with Gasteiger partial charge in [0.05, 0.1) is 0 Å². The second kappa shape index (κ2) is 11.2. The van der Waals surface area contributed by atoms with Crippen molar-refractivity contribution in [2.45, 2.75) is 64.2 Å². The third-order valence-corrected chi connectivity index (χ3v) is 5.53. The summed E-state index contributed by atoms with van der Waals surface area (Å²) in [7, 11) is 0. The average molecular weight is 350 g/mol. The maximum atomic E-state index is 2.27. The van der Waals surface area contributed by atoms with Crippen LogP contribution in [0.25, 0.3) is 0 Å². The van der Waals surface area contributed by atoms with Crippen molar-refractivity contribution in [3.05, 3.63) is 63.2 Å². The van der Waals surface area contributed by atoms with Gasteiger partial charge in [-0.2, -0.15) is 0 Å². The Morgan fingerprint density at radius 2 is 0.783 bits per heavy atom. The Kier molecular flexibility index (Phi) is 9.66. The van der Waals surface area contributed by atoms with Crippen LogP contribution >= 0.6 is 0 Å². The normalized spacial score (nSPS) is 28.2. The van der Waals surface area contributed by atoms with E-state index in [1.165, 1.54) is 64.2 Å². The quantitative estimate of drug-likeness (QED) is 0.541. The van der Waals surface area contributed by atoms with Crippen molar-refractivity contribution in [2.24, 2.45) is 11.8 Å². The Labute approximate surface area is 156 Å². The van der Waals surface area contributed by atoms with E-state index < -0.39 is 0 Å². The van der Waals surface area contributed by atoms with Gasteiger partial charge in [0.15, 0.2) is 0 Å². The molecule has 124 valence electrons. The summed E-state index contributed by atoms with van der Waals surface area (Å²) in [5, 5.41) is 0. The molecule has 0 amide bonds. The van der Waals surface area contributed by atoms with Crippen molar-refractivity contribution in [2.75, 3.05) is 0 Å². The molecule has 0 saturated heterocycles. The van der Waals surface area contributed by atoms with E-state index in [1.54, 1.807) is 11.8 Å². The monoisotopic (exact) mass is 350 g/mol. The molecule has 0 N–H and O–H groups in total. The molecule has 4 saturated carbocycles. The second-order valence-corrected chi connectivity index (χ2v) is 7.11. The fraction of sp³-hybridized carbons (Fsp3) is 0.545. The molecule has 0 aromatic rings. The smallest absolute Gasteiger partial charge is 0.0533 e. The third-order valence-electron chi connectivity index (χ3n) is 5.53. The van der Waals surface area contributed by atoms with Gasteiger partial charge < -0.3 is 0 Å². The molecular weight excluding hydrogens is 320 g/mol. The largest absolute Gasteiger partial charge is 2.00 e. The first-order valence-corrected chi connectivity index (χ1v) is 9.37. The average Bonchev–Trinajstić information content (AvgIpc) is 3.31. The first-order chi connectivity index (χ1) is 10.9. The third kappa shape index (κ3) is 6.39. The molecule has 0 aliphatic heterocycles. The predicted molar refractivity (Wildman–Crippen MR) is 94.0 cm³/mol. The Hall–Kier alpha value is 0.519. The Bertz CT molecular complexity index is 246. The van der Waals surface area contributed by atoms with Crippen LogP contribution in [0.3, 0.4) is 0 Å². The molecule has 0 nitrogen and oxygen atoms in total. The minimum atomic E-state index is 0. The van der Waals surface area contributed by atoms with E-state index in [-0.39, 0.29) is 17.1 Å². The van der Waals surface area contributed by atoms with E-state index in [0.717, 1.165) is 11.8 Å². The summed E-state index contributed by atoms with van der Waals surface area (Å²) >= 11 is 0. The molecule has 0 aromatic heterocycles. The van der Waals surface area contributed by atoms with Gasteiger partial charge in [-0.1, -0.05) is 38.5 Å². The van der Waals surface area contributed by atoms with Crippen LogP contribution in [0.15, 0.2) is 0 Å². The molecule has 0 unspecified atom stereocenters. The molecule has 4 fully saturated rings. The van der Waals surface area contributed by atoms with Crippen LogP contribution in [0.2, 0.25) is 0 Å². The number of hydrogen-bond donors (Lipinski definition) is 0. The van der Waals surface area contributed by atoms with E-state index in [0.29, 0.717) is 0 Å². The van der Waals surface area contributed by atoms with Crippen LogP contribution in [-0.4, -0.2) is 0 Å². The molecule has 23 heavy (non-hydrogen) atoms. The van der Waals surface area contributed by atoms with E-state index in [9.17, 15) is 0 Å². The Balaban J connectivity index is 0.000000160. The minimum absolute atomic E-state index is 0. The Morgan fingerprint density at radius 1 is 0.478 bits per heavy atom. The zero-order valence-corrected chi connectivity index (χ0v) is 15.3. The molecule has 0 spiro atoms. The van der Waals surface area contributed by atoms with Gasteiger partial charge in [0.2, 0.25) is 0 Å². The molecule has 0 atom stereocenters. The van der Waals surface area contributed by atoms with E-state index in [1.807, 2.05) is 0 Å². The van der Waals surface area contributed by atoms with Gasteiger partial charge in [-0.05, 0) is 101 Å². The zero-order valence-electron chi connectivity index (χ0n) is 14.2. The van der Waals surface area contributed by atoms with E-state index in [4.69, 9.17) is 0 Å². The number of hydrogen-bond acceptors (Lipinski definition) is 0. The van der Waals surface area contributed by atoms with Crippen LogP contribution in [0.1, 0.15) is 64.2 Å². The summed E-state index contributed by atoms with van der Waals surface area (Å²) in [5.41, 5.74) is 0. The number of rotatable bonds is 2. The fourth-order valence-electron chi connectivity index (χ4n) is 4.19. The van der Waals surface area contributed by atoms with Crippen LogP contribution in [0.5, 0.6) is 0 Å². The standard InChI is InChI=1S/2C11H15.Fe/c2*1-2-6-10(7-3-1)11-8-4-5-9-11;/h2*4-5,8-10H,1-3,6-7H2;/q;;+2. The topological polar surface area (TPSA) is 0 Å². The maximum absolute atomic E-state index is 2.27. The van der Waals surface area contributed by atoms with Crippen molar-refractivity contribution in [3.8, 4) is 0 Å². The SMILES string of the molecule is [CH]1[CH][CH][C](C2CCCCC2)[CH]1.[CH]1[CH][CH][C](C2CCCCC2)[CH]1.[Fe+2]. The van der Waals surface area contributed by atoms with Crippen LogP contribution in [0.4, 0.5) is 0 Å². The van der Waals surface area contributed by atoms with Gasteiger partial charge in [-0.15, -0.1) is 0 Å². The van der Waals surface area contributed by atoms with Crippen molar-refractivity contribution < 1.29 is 17.1 Å². The molecule has 10 radical (unpaired) electrons. The zero-order chi connectivity index (χ0) is 15.0. The van der Waals surface area contributed by atoms with Gasteiger partial charge in [0.25, 0.3) is 0 Å². The molecule has 0 bridgehead atoms. The summed E-state index contributed by atoms with van der Waals surface area (Å²) in [6.45, 7) is 0. The van der Waals surface area contributed by atoms with Crippen molar-refractivity contribution in [1.82, 2.24) is 0 Å². The summed E-state index contributed by atoms with van der Waals surface area (Å²) in [6.07, 6.45) is 32.1. The molecule has 0 heterocycles. The fourth-order valence-corrected chi connectivity index (χ4v) is 4.19. The van der Waals surface area contributed by atoms with E-state index >= 15 is 0 Å². The summed E-state index contributed by atoms with van der Waals surface area (Å²) < 4.78 is 0. The van der Waals surface area contributed by atoms with Gasteiger partial charge in [0, 0.05) is 0 Å².